The van der Waals surface area contributed by atoms with Gasteiger partial charge in [0, 0.05) is 0 Å². The molecule has 0 aliphatic heterocycles. The second-order valence-corrected chi connectivity index (χ2v) is 3.15. The van der Waals surface area contributed by atoms with E-state index in [0.29, 0.717) is 0 Å². The van der Waals surface area contributed by atoms with Gasteiger partial charge in [-0.05, 0) is 19.8 Å². The van der Waals surface area contributed by atoms with Crippen LogP contribution in [0.1, 0.15) is 20.8 Å². The van der Waals surface area contributed by atoms with E-state index in [-0.39, 0.29) is 6.61 Å². The normalized spacial score (nSPS) is 15.2. The van der Waals surface area contributed by atoms with Crippen LogP contribution in [-0.4, -0.2) is 23.7 Å². The molecule has 0 aliphatic rings. The first kappa shape index (κ1) is 11.9. The van der Waals surface area contributed by atoms with Crippen LogP contribution < -0.4 is 0 Å². The fourth-order valence-electron chi connectivity index (χ4n) is 0.830. The summed E-state index contributed by atoms with van der Waals surface area (Å²) in [5.41, 5.74) is -1.68. The Morgan fingerprint density at radius 2 is 2.00 bits per heavy atom. The van der Waals surface area contributed by atoms with Crippen LogP contribution in [-0.2, 0) is 14.3 Å². The van der Waals surface area contributed by atoms with Crippen LogP contribution in [0.2, 0.25) is 0 Å². The SMILES string of the molecule is [CH2]C(C(=O)O)(C(=O)OCC)C(C)C. The first-order valence-electron chi connectivity index (χ1n) is 4.13. The summed E-state index contributed by atoms with van der Waals surface area (Å²) in [6, 6.07) is 0. The molecule has 1 unspecified atom stereocenters. The van der Waals surface area contributed by atoms with Gasteiger partial charge in [-0.1, -0.05) is 13.8 Å². The van der Waals surface area contributed by atoms with Crippen molar-refractivity contribution in [1.82, 2.24) is 0 Å². The fraction of sp³-hybridized carbons (Fsp3) is 0.667. The Kier molecular flexibility index (Phi) is 3.91. The van der Waals surface area contributed by atoms with Crippen molar-refractivity contribution in [3.05, 3.63) is 6.92 Å². The molecule has 0 bridgehead atoms. The molecule has 4 nitrogen and oxygen atoms in total. The number of rotatable bonds is 4. The van der Waals surface area contributed by atoms with Crippen LogP contribution in [0.3, 0.4) is 0 Å². The summed E-state index contributed by atoms with van der Waals surface area (Å²) in [4.78, 5) is 22.1. The molecular weight excluding hydrogens is 172 g/mol. The minimum atomic E-state index is -1.68. The molecular formula is C9H15O4. The molecule has 1 atom stereocenters. The van der Waals surface area contributed by atoms with Crippen molar-refractivity contribution in [1.29, 1.82) is 0 Å². The van der Waals surface area contributed by atoms with Gasteiger partial charge in [0.05, 0.1) is 6.61 Å². The van der Waals surface area contributed by atoms with Gasteiger partial charge in [0.25, 0.3) is 0 Å². The van der Waals surface area contributed by atoms with Gasteiger partial charge in [0.2, 0.25) is 0 Å². The number of aliphatic carboxylic acids is 1. The minimum absolute atomic E-state index is 0.163. The maximum atomic E-state index is 11.3. The predicted molar refractivity (Wildman–Crippen MR) is 46.9 cm³/mol. The smallest absolute Gasteiger partial charge is 0.323 e. The highest BCUT2D eigenvalue weighted by Gasteiger charge is 2.45. The second-order valence-electron chi connectivity index (χ2n) is 3.15. The summed E-state index contributed by atoms with van der Waals surface area (Å²) in [5, 5.41) is 8.84. The molecule has 0 rings (SSSR count). The Morgan fingerprint density at radius 3 is 2.23 bits per heavy atom. The molecule has 4 heteroatoms. The molecule has 13 heavy (non-hydrogen) atoms. The monoisotopic (exact) mass is 187 g/mol. The highest BCUT2D eigenvalue weighted by atomic mass is 16.5. The van der Waals surface area contributed by atoms with E-state index in [4.69, 9.17) is 5.11 Å². The number of hydrogen-bond donors (Lipinski definition) is 1. The van der Waals surface area contributed by atoms with E-state index in [9.17, 15) is 9.59 Å². The molecule has 1 radical (unpaired) electrons. The number of ether oxygens (including phenoxy) is 1. The van der Waals surface area contributed by atoms with Crippen molar-refractivity contribution in [3.8, 4) is 0 Å². The lowest BCUT2D eigenvalue weighted by Crippen LogP contribution is -2.42. The van der Waals surface area contributed by atoms with Gasteiger partial charge in [-0.15, -0.1) is 0 Å². The standard InChI is InChI=1S/C9H15O4/c1-5-13-8(12)9(4,6(2)3)7(10)11/h6H,4-5H2,1-3H3,(H,10,11). The zero-order chi connectivity index (χ0) is 10.6. The molecule has 0 amide bonds. The van der Waals surface area contributed by atoms with Crippen LogP contribution >= 0.6 is 0 Å². The van der Waals surface area contributed by atoms with Gasteiger partial charge in [0.1, 0.15) is 0 Å². The van der Waals surface area contributed by atoms with E-state index >= 15 is 0 Å². The number of carbonyl (C=O) groups excluding carboxylic acids is 1. The summed E-state index contributed by atoms with van der Waals surface area (Å²) in [5.74, 6) is -2.43. The van der Waals surface area contributed by atoms with E-state index in [1.165, 1.54) is 0 Å². The summed E-state index contributed by atoms with van der Waals surface area (Å²) >= 11 is 0. The maximum absolute atomic E-state index is 11.3. The molecule has 0 aromatic heterocycles. The lowest BCUT2D eigenvalue weighted by atomic mass is 9.79. The maximum Gasteiger partial charge on any atom is 0.323 e. The van der Waals surface area contributed by atoms with Crippen LogP contribution in [0.4, 0.5) is 0 Å². The third kappa shape index (κ3) is 2.20. The van der Waals surface area contributed by atoms with Crippen LogP contribution in [0.15, 0.2) is 0 Å². The zero-order valence-corrected chi connectivity index (χ0v) is 8.16. The summed E-state index contributed by atoms with van der Waals surface area (Å²) in [7, 11) is 0. The van der Waals surface area contributed by atoms with Crippen molar-refractivity contribution in [2.45, 2.75) is 20.8 Å². The molecule has 0 saturated carbocycles. The van der Waals surface area contributed by atoms with Gasteiger partial charge < -0.3 is 9.84 Å². The van der Waals surface area contributed by atoms with E-state index in [1.54, 1.807) is 20.8 Å². The summed E-state index contributed by atoms with van der Waals surface area (Å²) in [6.07, 6.45) is 0. The average Bonchev–Trinajstić information content (AvgIpc) is 2.02. The Labute approximate surface area is 77.9 Å². The van der Waals surface area contributed by atoms with Gasteiger partial charge in [-0.25, -0.2) is 0 Å². The molecule has 75 valence electrons. The zero-order valence-electron chi connectivity index (χ0n) is 8.16. The number of carbonyl (C=O) groups is 2. The molecule has 0 fully saturated rings. The topological polar surface area (TPSA) is 63.6 Å². The van der Waals surface area contributed by atoms with E-state index < -0.39 is 23.3 Å². The largest absolute Gasteiger partial charge is 0.480 e. The van der Waals surface area contributed by atoms with Crippen molar-refractivity contribution < 1.29 is 19.4 Å². The van der Waals surface area contributed by atoms with E-state index in [0.717, 1.165) is 0 Å². The van der Waals surface area contributed by atoms with Gasteiger partial charge in [0.15, 0.2) is 5.41 Å². The Bertz CT molecular complexity index is 210. The van der Waals surface area contributed by atoms with Crippen LogP contribution in [0.25, 0.3) is 0 Å². The van der Waals surface area contributed by atoms with Crippen molar-refractivity contribution >= 4 is 11.9 Å². The lowest BCUT2D eigenvalue weighted by molar-refractivity contribution is -0.168. The third-order valence-corrected chi connectivity index (χ3v) is 2.01. The molecule has 0 heterocycles. The number of esters is 1. The highest BCUT2D eigenvalue weighted by Crippen LogP contribution is 2.28. The quantitative estimate of drug-likeness (QED) is 0.529. The Morgan fingerprint density at radius 1 is 1.54 bits per heavy atom. The lowest BCUT2D eigenvalue weighted by Gasteiger charge is -2.25. The molecule has 0 saturated heterocycles. The van der Waals surface area contributed by atoms with E-state index in [2.05, 4.69) is 11.7 Å². The average molecular weight is 187 g/mol. The first-order valence-corrected chi connectivity index (χ1v) is 4.13. The molecule has 1 N–H and O–H groups in total. The molecule has 0 aliphatic carbocycles. The summed E-state index contributed by atoms with van der Waals surface area (Å²) in [6.45, 7) is 8.45. The minimum Gasteiger partial charge on any atom is -0.480 e. The second kappa shape index (κ2) is 4.25. The van der Waals surface area contributed by atoms with E-state index in [1.807, 2.05) is 0 Å². The molecule has 0 aromatic rings. The summed E-state index contributed by atoms with van der Waals surface area (Å²) < 4.78 is 4.65. The van der Waals surface area contributed by atoms with Crippen molar-refractivity contribution in [2.24, 2.45) is 11.3 Å². The predicted octanol–water partition coefficient (Wildman–Crippen LogP) is 1.11. The van der Waals surface area contributed by atoms with Crippen molar-refractivity contribution in [2.75, 3.05) is 6.61 Å². The number of hydrogen-bond acceptors (Lipinski definition) is 3. The Hall–Kier alpha value is -1.06. The number of carboxylic acids is 1. The van der Waals surface area contributed by atoms with Gasteiger partial charge in [-0.2, -0.15) is 0 Å². The third-order valence-electron chi connectivity index (χ3n) is 2.01. The number of carboxylic acid groups (broad SMARTS) is 1. The van der Waals surface area contributed by atoms with Crippen molar-refractivity contribution in [3.63, 3.8) is 0 Å². The van der Waals surface area contributed by atoms with Crippen LogP contribution in [0.5, 0.6) is 0 Å². The highest BCUT2D eigenvalue weighted by molar-refractivity contribution is 6.00. The Balaban J connectivity index is 4.79. The molecule has 0 spiro atoms. The fourth-order valence-corrected chi connectivity index (χ4v) is 0.830. The van der Waals surface area contributed by atoms with Crippen LogP contribution in [0, 0.1) is 18.3 Å². The first-order chi connectivity index (χ1) is 5.87. The van der Waals surface area contributed by atoms with Gasteiger partial charge >= 0.3 is 11.9 Å². The molecule has 0 aromatic carbocycles. The van der Waals surface area contributed by atoms with Gasteiger partial charge in [-0.3, -0.25) is 9.59 Å².